The van der Waals surface area contributed by atoms with Gasteiger partial charge in [0, 0.05) is 17.7 Å². The number of nitrogens with zero attached hydrogens (tertiary/aromatic N) is 4. The van der Waals surface area contributed by atoms with Gasteiger partial charge in [-0.25, -0.2) is 14.8 Å². The minimum atomic E-state index is -0.502. The van der Waals surface area contributed by atoms with Gasteiger partial charge < -0.3 is 9.47 Å². The van der Waals surface area contributed by atoms with Crippen molar-refractivity contribution in [2.45, 2.75) is 32.8 Å². The molecule has 0 unspecified atom stereocenters. The largest absolute Gasteiger partial charge is 0.455 e. The summed E-state index contributed by atoms with van der Waals surface area (Å²) in [6, 6.07) is 16.7. The second-order valence-electron chi connectivity index (χ2n) is 8.22. The number of aromatic amines is 1. The first kappa shape index (κ1) is 22.7. The number of aryl methyl sites for hydroxylation is 1. The molecule has 9 heteroatoms. The van der Waals surface area contributed by atoms with E-state index in [4.69, 9.17) is 21.1 Å². The number of hydrogen-bond acceptors (Lipinski definition) is 6. The van der Waals surface area contributed by atoms with Gasteiger partial charge in [-0.2, -0.15) is 4.68 Å². The summed E-state index contributed by atoms with van der Waals surface area (Å²) < 4.78 is 13.0. The molecular weight excluding hydrogens is 442 g/mol. The van der Waals surface area contributed by atoms with Crippen LogP contribution in [0.15, 0.2) is 65.6 Å². The molecule has 0 radical (unpaired) electrons. The van der Waals surface area contributed by atoms with E-state index in [2.05, 4.69) is 20.1 Å². The van der Waals surface area contributed by atoms with Crippen molar-refractivity contribution in [2.24, 2.45) is 0 Å². The molecule has 0 saturated heterocycles. The second-order valence-corrected chi connectivity index (χ2v) is 8.61. The number of ether oxygens (including phenoxy) is 2. The number of pyridine rings is 2. The van der Waals surface area contributed by atoms with Crippen LogP contribution in [0.5, 0.6) is 11.5 Å². The average Bonchev–Trinajstić information content (AvgIpc) is 3.18. The van der Waals surface area contributed by atoms with Crippen molar-refractivity contribution in [3.05, 3.63) is 93.5 Å². The van der Waals surface area contributed by atoms with Crippen molar-refractivity contribution in [3.63, 3.8) is 0 Å². The number of H-pyrrole nitrogens is 1. The predicted molar refractivity (Wildman–Crippen MR) is 125 cm³/mol. The molecule has 0 spiro atoms. The Labute approximate surface area is 196 Å². The highest BCUT2D eigenvalue weighted by Crippen LogP contribution is 2.26. The van der Waals surface area contributed by atoms with E-state index in [1.165, 1.54) is 4.68 Å². The van der Waals surface area contributed by atoms with E-state index in [0.29, 0.717) is 47.2 Å². The summed E-state index contributed by atoms with van der Waals surface area (Å²) in [6.45, 7) is 6.61. The first-order valence-electron chi connectivity index (χ1n) is 10.4. The lowest BCUT2D eigenvalue weighted by Crippen LogP contribution is -2.26. The van der Waals surface area contributed by atoms with E-state index in [-0.39, 0.29) is 5.69 Å². The number of halogens is 1. The molecule has 3 aromatic heterocycles. The smallest absolute Gasteiger partial charge is 0.349 e. The van der Waals surface area contributed by atoms with Gasteiger partial charge >= 0.3 is 5.69 Å². The number of nitrogens with one attached hydrogen (secondary N) is 1. The predicted octanol–water partition coefficient (Wildman–Crippen LogP) is 4.60. The number of benzene rings is 1. The second kappa shape index (κ2) is 9.56. The van der Waals surface area contributed by atoms with Crippen molar-refractivity contribution in [1.82, 2.24) is 24.7 Å². The van der Waals surface area contributed by atoms with Crippen molar-refractivity contribution >= 4 is 11.6 Å². The zero-order valence-electron chi connectivity index (χ0n) is 18.6. The third kappa shape index (κ3) is 5.47. The fraction of sp³-hybridized carbons (Fsp3) is 0.250. The van der Waals surface area contributed by atoms with E-state index in [9.17, 15) is 4.79 Å². The van der Waals surface area contributed by atoms with Crippen molar-refractivity contribution in [3.8, 4) is 17.3 Å². The molecule has 33 heavy (non-hydrogen) atoms. The fourth-order valence-corrected chi connectivity index (χ4v) is 3.35. The van der Waals surface area contributed by atoms with Crippen LogP contribution >= 0.6 is 11.6 Å². The minimum absolute atomic E-state index is 0.334. The minimum Gasteiger partial charge on any atom is -0.455 e. The van der Waals surface area contributed by atoms with Crippen LogP contribution in [-0.4, -0.2) is 31.3 Å². The van der Waals surface area contributed by atoms with Crippen molar-refractivity contribution in [1.29, 1.82) is 0 Å². The lowest BCUT2D eigenvalue weighted by Gasteiger charge is -2.21. The van der Waals surface area contributed by atoms with Crippen LogP contribution in [0, 0.1) is 6.92 Å². The molecule has 0 atom stereocenters. The average molecular weight is 466 g/mol. The van der Waals surface area contributed by atoms with Crippen LogP contribution in [0.1, 0.15) is 30.9 Å². The maximum atomic E-state index is 12.6. The molecule has 8 nitrogen and oxygen atoms in total. The molecule has 4 aromatic rings. The highest BCUT2D eigenvalue weighted by Gasteiger charge is 2.27. The van der Waals surface area contributed by atoms with Crippen molar-refractivity contribution < 1.29 is 9.47 Å². The molecule has 3 heterocycles. The number of aromatic nitrogens is 5. The Morgan fingerprint density at radius 2 is 1.91 bits per heavy atom. The SMILES string of the molecule is Cc1nc(-n2nc(C(C)(C)COCc3ccccc3)[nH]c2=O)ccc1Oc1ccnc(Cl)c1. The van der Waals surface area contributed by atoms with Gasteiger partial charge in [0.1, 0.15) is 22.5 Å². The normalized spacial score (nSPS) is 11.5. The Kier molecular flexibility index (Phi) is 6.57. The molecule has 0 bridgehead atoms. The molecule has 1 aromatic carbocycles. The summed E-state index contributed by atoms with van der Waals surface area (Å²) in [4.78, 5) is 23.9. The maximum absolute atomic E-state index is 12.6. The van der Waals surface area contributed by atoms with Gasteiger partial charge in [0.2, 0.25) is 0 Å². The summed E-state index contributed by atoms with van der Waals surface area (Å²) in [5, 5.41) is 4.82. The van der Waals surface area contributed by atoms with E-state index in [1.807, 2.05) is 44.2 Å². The topological polar surface area (TPSA) is 94.9 Å². The maximum Gasteiger partial charge on any atom is 0.349 e. The molecule has 4 rings (SSSR count). The van der Waals surface area contributed by atoms with E-state index in [0.717, 1.165) is 5.56 Å². The van der Waals surface area contributed by atoms with Gasteiger partial charge in [-0.05, 0) is 30.7 Å². The highest BCUT2D eigenvalue weighted by molar-refractivity contribution is 6.29. The summed E-state index contributed by atoms with van der Waals surface area (Å²) in [5.41, 5.74) is 0.811. The molecule has 0 saturated carbocycles. The molecule has 0 amide bonds. The van der Waals surface area contributed by atoms with E-state index >= 15 is 0 Å². The van der Waals surface area contributed by atoms with Gasteiger partial charge in [0.25, 0.3) is 0 Å². The third-order valence-corrected chi connectivity index (χ3v) is 5.21. The zero-order valence-corrected chi connectivity index (χ0v) is 19.3. The first-order chi connectivity index (χ1) is 15.8. The van der Waals surface area contributed by atoms with Crippen LogP contribution in [0.4, 0.5) is 0 Å². The Morgan fingerprint density at radius 1 is 1.12 bits per heavy atom. The molecular formula is C24H24ClN5O3. The summed E-state index contributed by atoms with van der Waals surface area (Å²) >= 11 is 5.91. The Bertz CT molecular complexity index is 1300. The zero-order chi connectivity index (χ0) is 23.4. The van der Waals surface area contributed by atoms with Crippen molar-refractivity contribution in [2.75, 3.05) is 6.61 Å². The van der Waals surface area contributed by atoms with Gasteiger partial charge in [0.05, 0.1) is 18.9 Å². The molecule has 0 fully saturated rings. The van der Waals surface area contributed by atoms with E-state index < -0.39 is 5.41 Å². The van der Waals surface area contributed by atoms with Gasteiger partial charge in [-0.15, -0.1) is 5.10 Å². The van der Waals surface area contributed by atoms with Crippen LogP contribution in [-0.2, 0) is 16.8 Å². The summed E-state index contributed by atoms with van der Waals surface area (Å²) in [7, 11) is 0. The Balaban J connectivity index is 1.49. The highest BCUT2D eigenvalue weighted by atomic mass is 35.5. The summed E-state index contributed by atoms with van der Waals surface area (Å²) in [5.74, 6) is 2.00. The Morgan fingerprint density at radius 3 is 2.64 bits per heavy atom. The Hall–Kier alpha value is -3.49. The van der Waals surface area contributed by atoms with Gasteiger partial charge in [0.15, 0.2) is 5.82 Å². The first-order valence-corrected chi connectivity index (χ1v) is 10.8. The molecule has 170 valence electrons. The molecule has 0 aliphatic carbocycles. The van der Waals surface area contributed by atoms with Gasteiger partial charge in [-0.1, -0.05) is 55.8 Å². The number of hydrogen-bond donors (Lipinski definition) is 1. The van der Waals surface area contributed by atoms with Crippen LogP contribution in [0.2, 0.25) is 5.15 Å². The lowest BCUT2D eigenvalue weighted by molar-refractivity contribution is 0.0796. The standard InChI is InChI=1S/C24H24ClN5O3/c1-16-19(33-18-11-12-26-20(25)13-18)9-10-21(27-16)30-23(31)28-22(29-30)24(2,3)15-32-14-17-7-5-4-6-8-17/h4-13H,14-15H2,1-3H3,(H,28,29,31). The monoisotopic (exact) mass is 465 g/mol. The van der Waals surface area contributed by atoms with E-state index in [1.54, 1.807) is 37.4 Å². The molecule has 0 aliphatic heterocycles. The number of rotatable bonds is 8. The van der Waals surface area contributed by atoms with Crippen LogP contribution in [0.25, 0.3) is 5.82 Å². The van der Waals surface area contributed by atoms with Crippen LogP contribution < -0.4 is 10.4 Å². The quantitative estimate of drug-likeness (QED) is 0.382. The van der Waals surface area contributed by atoms with Crippen LogP contribution in [0.3, 0.4) is 0 Å². The third-order valence-electron chi connectivity index (χ3n) is 5.00. The summed E-state index contributed by atoms with van der Waals surface area (Å²) in [6.07, 6.45) is 1.56. The molecule has 0 aliphatic rings. The molecule has 1 N–H and O–H groups in total. The van der Waals surface area contributed by atoms with Gasteiger partial charge in [-0.3, -0.25) is 4.98 Å². The lowest BCUT2D eigenvalue weighted by atomic mass is 9.94. The fourth-order valence-electron chi connectivity index (χ4n) is 3.19.